The van der Waals surface area contributed by atoms with Gasteiger partial charge in [0.05, 0.1) is 10.6 Å². The molecule has 0 radical (unpaired) electrons. The molecule has 1 aliphatic carbocycles. The van der Waals surface area contributed by atoms with Crippen molar-refractivity contribution in [1.82, 2.24) is 0 Å². The maximum absolute atomic E-state index is 12.6. The number of hydrogen-bond acceptors (Lipinski definition) is 4. The van der Waals surface area contributed by atoms with Gasteiger partial charge in [0.15, 0.2) is 9.84 Å². The van der Waals surface area contributed by atoms with Gasteiger partial charge in [0.25, 0.3) is 0 Å². The molecule has 0 spiro atoms. The summed E-state index contributed by atoms with van der Waals surface area (Å²) >= 11 is 0. The molecule has 3 rings (SSSR count). The van der Waals surface area contributed by atoms with Gasteiger partial charge in [0.1, 0.15) is 11.7 Å². The molecule has 114 valence electrons. The predicted molar refractivity (Wildman–Crippen MR) is 79.3 cm³/mol. The molecule has 5 heteroatoms. The van der Waals surface area contributed by atoms with Crippen molar-refractivity contribution >= 4 is 9.84 Å². The lowest BCUT2D eigenvalue weighted by Gasteiger charge is -2.46. The number of benzene rings is 1. The topological polar surface area (TPSA) is 52.6 Å². The van der Waals surface area contributed by atoms with Crippen LogP contribution in [0.2, 0.25) is 0 Å². The summed E-state index contributed by atoms with van der Waals surface area (Å²) in [7, 11) is -3.40. The smallest absolute Gasteiger partial charge is 0.181 e. The summed E-state index contributed by atoms with van der Waals surface area (Å²) in [5.41, 5.74) is 0.241. The molecule has 2 aliphatic rings. The van der Waals surface area contributed by atoms with Crippen LogP contribution >= 0.6 is 0 Å². The second kappa shape index (κ2) is 5.23. The van der Waals surface area contributed by atoms with Crippen molar-refractivity contribution in [3.63, 3.8) is 0 Å². The van der Waals surface area contributed by atoms with Crippen LogP contribution < -0.4 is 0 Å². The van der Waals surface area contributed by atoms with E-state index in [-0.39, 0.29) is 17.8 Å². The molecule has 2 bridgehead atoms. The Morgan fingerprint density at radius 1 is 1.33 bits per heavy atom. The second-order valence-electron chi connectivity index (χ2n) is 6.18. The van der Waals surface area contributed by atoms with Gasteiger partial charge in [0, 0.05) is 0 Å². The van der Waals surface area contributed by atoms with E-state index in [0.717, 1.165) is 24.8 Å². The van der Waals surface area contributed by atoms with Gasteiger partial charge in [-0.1, -0.05) is 24.8 Å². The molecule has 0 amide bonds. The predicted octanol–water partition coefficient (Wildman–Crippen LogP) is 2.91. The van der Waals surface area contributed by atoms with Gasteiger partial charge < -0.3 is 0 Å². The first-order valence-corrected chi connectivity index (χ1v) is 8.86. The third-order valence-corrected chi connectivity index (χ3v) is 6.51. The lowest BCUT2D eigenvalue weighted by atomic mass is 9.75. The first kappa shape index (κ1) is 14.8. The van der Waals surface area contributed by atoms with Crippen LogP contribution in [-0.2, 0) is 19.6 Å². The van der Waals surface area contributed by atoms with Crippen molar-refractivity contribution < 1.29 is 18.2 Å². The minimum atomic E-state index is -3.40. The average Bonchev–Trinajstić information content (AvgIpc) is 2.46. The van der Waals surface area contributed by atoms with Gasteiger partial charge in [0.2, 0.25) is 0 Å². The van der Waals surface area contributed by atoms with Crippen LogP contribution in [0, 0.1) is 5.92 Å². The van der Waals surface area contributed by atoms with Crippen molar-refractivity contribution in [1.29, 1.82) is 0 Å². The Morgan fingerprint density at radius 3 is 2.76 bits per heavy atom. The molecule has 0 N–H and O–H groups in total. The second-order valence-corrected chi connectivity index (χ2v) is 8.17. The largest absolute Gasteiger partial charge is 0.228 e. The molecule has 2 fully saturated rings. The highest BCUT2D eigenvalue weighted by Crippen LogP contribution is 2.43. The highest BCUT2D eigenvalue weighted by Gasteiger charge is 2.48. The van der Waals surface area contributed by atoms with Gasteiger partial charge in [-0.3, -0.25) is 0 Å². The molecule has 1 heterocycles. The molecule has 1 aliphatic heterocycles. The van der Waals surface area contributed by atoms with E-state index in [1.54, 1.807) is 30.3 Å². The van der Waals surface area contributed by atoms with E-state index in [1.807, 2.05) is 6.92 Å². The molecule has 21 heavy (non-hydrogen) atoms. The Morgan fingerprint density at radius 2 is 2.05 bits per heavy atom. The van der Waals surface area contributed by atoms with Crippen LogP contribution in [0.15, 0.2) is 47.4 Å². The summed E-state index contributed by atoms with van der Waals surface area (Å²) in [4.78, 5) is 11.2. The quantitative estimate of drug-likeness (QED) is 0.636. The molecule has 1 saturated heterocycles. The Bertz CT molecular complexity index is 638. The Kier molecular flexibility index (Phi) is 3.67. The summed E-state index contributed by atoms with van der Waals surface area (Å²) in [6.45, 7) is 5.82. The third-order valence-electron chi connectivity index (χ3n) is 4.57. The molecular weight excluding hydrogens is 288 g/mol. The highest BCUT2D eigenvalue weighted by molar-refractivity contribution is 7.91. The van der Waals surface area contributed by atoms with Crippen LogP contribution in [-0.4, -0.2) is 25.9 Å². The fourth-order valence-corrected chi connectivity index (χ4v) is 4.97. The van der Waals surface area contributed by atoms with Crippen LogP contribution in [0.4, 0.5) is 0 Å². The molecule has 0 unspecified atom stereocenters. The lowest BCUT2D eigenvalue weighted by molar-refractivity contribution is -0.411. The minimum absolute atomic E-state index is 0.0616. The number of rotatable bonds is 3. The van der Waals surface area contributed by atoms with Crippen LogP contribution in [0.25, 0.3) is 0 Å². The van der Waals surface area contributed by atoms with Gasteiger partial charge in [-0.2, -0.15) is 0 Å². The first-order chi connectivity index (χ1) is 9.91. The summed E-state index contributed by atoms with van der Waals surface area (Å²) < 4.78 is 25.2. The van der Waals surface area contributed by atoms with Gasteiger partial charge in [-0.05, 0) is 49.8 Å². The zero-order chi connectivity index (χ0) is 15.1. The zero-order valence-corrected chi connectivity index (χ0v) is 12.9. The Labute approximate surface area is 125 Å². The number of hydrogen-bond donors (Lipinski definition) is 0. The van der Waals surface area contributed by atoms with Crippen molar-refractivity contribution in [2.45, 2.75) is 42.8 Å². The normalized spacial score (nSPS) is 32.9. The molecule has 0 aromatic heterocycles. The Balaban J connectivity index is 1.82. The van der Waals surface area contributed by atoms with Gasteiger partial charge in [-0.25, -0.2) is 18.2 Å². The third kappa shape index (κ3) is 2.78. The van der Waals surface area contributed by atoms with Gasteiger partial charge >= 0.3 is 0 Å². The Hall–Kier alpha value is -1.17. The highest BCUT2D eigenvalue weighted by atomic mass is 32.2. The first-order valence-electron chi connectivity index (χ1n) is 7.21. The van der Waals surface area contributed by atoms with Crippen molar-refractivity contribution in [2.75, 3.05) is 5.75 Å². The van der Waals surface area contributed by atoms with Gasteiger partial charge in [-0.15, -0.1) is 0 Å². The van der Waals surface area contributed by atoms with Crippen LogP contribution in [0.5, 0.6) is 0 Å². The lowest BCUT2D eigenvalue weighted by Crippen LogP contribution is -2.52. The summed E-state index contributed by atoms with van der Waals surface area (Å²) in [5, 5.41) is 0. The average molecular weight is 308 g/mol. The molecule has 4 nitrogen and oxygen atoms in total. The number of sulfone groups is 1. The fraction of sp³-hybridized carbons (Fsp3) is 0.500. The van der Waals surface area contributed by atoms with E-state index in [0.29, 0.717) is 4.90 Å². The van der Waals surface area contributed by atoms with Crippen molar-refractivity contribution in [2.24, 2.45) is 5.92 Å². The molecule has 3 atom stereocenters. The van der Waals surface area contributed by atoms with Crippen molar-refractivity contribution in [3.8, 4) is 0 Å². The molecule has 1 aromatic rings. The molecule has 1 aromatic carbocycles. The standard InChI is InChI=1S/C16H20O4S/c1-12-8-9-13-10-15(12)19-20-16(13,2)11-21(17,18)14-6-4-3-5-7-14/h3-7,13,15H,1,8-11H2,2H3/t13-,15-,16-/m1/s1. The number of fused-ring (bicyclic) bond motifs is 2. The maximum Gasteiger partial charge on any atom is 0.181 e. The minimum Gasteiger partial charge on any atom is -0.228 e. The monoisotopic (exact) mass is 308 g/mol. The van der Waals surface area contributed by atoms with E-state index < -0.39 is 15.4 Å². The fourth-order valence-electron chi connectivity index (χ4n) is 3.19. The SMILES string of the molecule is C=C1CC[C@@H]2C[C@H]1OO[C@]2(C)CS(=O)(=O)c1ccccc1. The summed E-state index contributed by atoms with van der Waals surface area (Å²) in [6.07, 6.45) is 2.48. The van der Waals surface area contributed by atoms with Crippen molar-refractivity contribution in [3.05, 3.63) is 42.5 Å². The van der Waals surface area contributed by atoms with E-state index in [2.05, 4.69) is 6.58 Å². The van der Waals surface area contributed by atoms with E-state index in [4.69, 9.17) is 9.78 Å². The van der Waals surface area contributed by atoms with E-state index >= 15 is 0 Å². The van der Waals surface area contributed by atoms with Crippen LogP contribution in [0.3, 0.4) is 0 Å². The summed E-state index contributed by atoms with van der Waals surface area (Å²) in [6, 6.07) is 8.50. The molecular formula is C16H20O4S. The van der Waals surface area contributed by atoms with Crippen LogP contribution in [0.1, 0.15) is 26.2 Å². The molecule has 1 saturated carbocycles. The summed E-state index contributed by atoms with van der Waals surface area (Å²) in [5.74, 6) is 0.119. The maximum atomic E-state index is 12.6. The van der Waals surface area contributed by atoms with E-state index in [1.165, 1.54) is 0 Å². The zero-order valence-electron chi connectivity index (χ0n) is 12.1. The van der Waals surface area contributed by atoms with E-state index in [9.17, 15) is 8.42 Å².